The Kier molecular flexibility index (Phi) is 5.18. The van der Waals surface area contributed by atoms with Crippen LogP contribution in [-0.2, 0) is 6.42 Å². The lowest BCUT2D eigenvalue weighted by Gasteiger charge is -2.30. The lowest BCUT2D eigenvalue weighted by molar-refractivity contribution is 0.268. The monoisotopic (exact) mass is 246 g/mol. The predicted molar refractivity (Wildman–Crippen MR) is 76.7 cm³/mol. The Morgan fingerprint density at radius 3 is 2.67 bits per heavy atom. The fourth-order valence-electron chi connectivity index (χ4n) is 3.05. The molecule has 1 saturated carbocycles. The first-order valence-corrected chi connectivity index (χ1v) is 7.44. The van der Waals surface area contributed by atoms with Crippen molar-refractivity contribution in [3.8, 4) is 0 Å². The summed E-state index contributed by atoms with van der Waals surface area (Å²) in [6.45, 7) is 5.37. The zero-order chi connectivity index (χ0) is 12.8. The van der Waals surface area contributed by atoms with E-state index in [2.05, 4.69) is 36.3 Å². The molecule has 1 N–H and O–H groups in total. The third-order valence-electron chi connectivity index (χ3n) is 4.09. The van der Waals surface area contributed by atoms with E-state index in [-0.39, 0.29) is 0 Å². The Bertz CT molecular complexity index is 339. The number of hydrogen-bond acceptors (Lipinski definition) is 2. The number of rotatable bonds is 5. The Labute approximate surface area is 111 Å². The molecule has 2 rings (SSSR count). The van der Waals surface area contributed by atoms with E-state index in [4.69, 9.17) is 0 Å². The minimum Gasteiger partial charge on any atom is -0.314 e. The highest BCUT2D eigenvalue weighted by atomic mass is 14.9. The second kappa shape index (κ2) is 6.89. The molecule has 100 valence electrons. The average Bonchev–Trinajstić information content (AvgIpc) is 2.42. The van der Waals surface area contributed by atoms with Crippen molar-refractivity contribution in [3.63, 3.8) is 0 Å². The van der Waals surface area contributed by atoms with Gasteiger partial charge in [-0.3, -0.25) is 4.98 Å². The minimum atomic E-state index is 0.616. The molecule has 1 aromatic rings. The molecule has 0 aliphatic heterocycles. The molecule has 1 fully saturated rings. The van der Waals surface area contributed by atoms with Gasteiger partial charge in [0.15, 0.2) is 0 Å². The van der Waals surface area contributed by atoms with Gasteiger partial charge in [-0.15, -0.1) is 0 Å². The molecule has 0 spiro atoms. The fraction of sp³-hybridized carbons (Fsp3) is 0.688. The smallest absolute Gasteiger partial charge is 0.0419 e. The molecule has 18 heavy (non-hydrogen) atoms. The topological polar surface area (TPSA) is 24.9 Å². The predicted octanol–water partition coefficient (Wildman–Crippen LogP) is 3.49. The van der Waals surface area contributed by atoms with E-state index in [0.717, 1.165) is 18.9 Å². The molecule has 2 heteroatoms. The first kappa shape index (κ1) is 13.5. The Morgan fingerprint density at radius 2 is 2.06 bits per heavy atom. The molecule has 0 bridgehead atoms. The third-order valence-corrected chi connectivity index (χ3v) is 4.09. The van der Waals surface area contributed by atoms with Crippen LogP contribution < -0.4 is 5.32 Å². The van der Waals surface area contributed by atoms with Crippen molar-refractivity contribution in [3.05, 3.63) is 29.6 Å². The van der Waals surface area contributed by atoms with E-state index >= 15 is 0 Å². The van der Waals surface area contributed by atoms with Crippen molar-refractivity contribution in [1.82, 2.24) is 10.3 Å². The molecule has 1 aliphatic carbocycles. The van der Waals surface area contributed by atoms with E-state index < -0.39 is 0 Å². The van der Waals surface area contributed by atoms with Crippen LogP contribution in [0.1, 0.15) is 50.3 Å². The van der Waals surface area contributed by atoms with E-state index in [1.807, 2.05) is 6.20 Å². The summed E-state index contributed by atoms with van der Waals surface area (Å²) in [5, 5.41) is 3.68. The fourth-order valence-corrected chi connectivity index (χ4v) is 3.05. The second-order valence-electron chi connectivity index (χ2n) is 5.59. The van der Waals surface area contributed by atoms with Crippen LogP contribution in [-0.4, -0.2) is 17.6 Å². The second-order valence-corrected chi connectivity index (χ2v) is 5.59. The summed E-state index contributed by atoms with van der Waals surface area (Å²) in [5.41, 5.74) is 2.48. The summed E-state index contributed by atoms with van der Waals surface area (Å²) in [6.07, 6.45) is 10.1. The molecule has 0 amide bonds. The molecule has 2 nitrogen and oxygen atoms in total. The van der Waals surface area contributed by atoms with E-state index in [0.29, 0.717) is 6.04 Å². The minimum absolute atomic E-state index is 0.616. The van der Waals surface area contributed by atoms with Gasteiger partial charge in [0.05, 0.1) is 0 Å². The standard InChI is InChI=1S/C16H26N2/c1-3-17-16(14-7-5-4-6-8-14)11-15-10-9-13(2)12-18-15/h9-10,12,14,16-17H,3-8,11H2,1-2H3. The van der Waals surface area contributed by atoms with Gasteiger partial charge >= 0.3 is 0 Å². The lowest BCUT2D eigenvalue weighted by atomic mass is 9.82. The van der Waals surface area contributed by atoms with Crippen LogP contribution in [0.15, 0.2) is 18.3 Å². The van der Waals surface area contributed by atoms with Gasteiger partial charge < -0.3 is 5.32 Å². The third kappa shape index (κ3) is 3.81. The molecule has 1 heterocycles. The van der Waals surface area contributed by atoms with E-state index in [9.17, 15) is 0 Å². The highest BCUT2D eigenvalue weighted by Gasteiger charge is 2.23. The normalized spacial score (nSPS) is 18.8. The highest BCUT2D eigenvalue weighted by molar-refractivity contribution is 5.13. The maximum absolute atomic E-state index is 4.56. The van der Waals surface area contributed by atoms with Gasteiger partial charge in [-0.05, 0) is 43.9 Å². The van der Waals surface area contributed by atoms with Crippen LogP contribution in [0.2, 0.25) is 0 Å². The van der Waals surface area contributed by atoms with Crippen molar-refractivity contribution in [2.75, 3.05) is 6.54 Å². The van der Waals surface area contributed by atoms with Gasteiger partial charge in [-0.2, -0.15) is 0 Å². The van der Waals surface area contributed by atoms with Crippen LogP contribution in [0.3, 0.4) is 0 Å². The number of pyridine rings is 1. The van der Waals surface area contributed by atoms with Crippen LogP contribution in [0.5, 0.6) is 0 Å². The Hall–Kier alpha value is -0.890. The molecular formula is C16H26N2. The number of likely N-dealkylation sites (N-methyl/N-ethyl adjacent to an activating group) is 1. The summed E-state index contributed by atoms with van der Waals surface area (Å²) < 4.78 is 0. The maximum Gasteiger partial charge on any atom is 0.0419 e. The van der Waals surface area contributed by atoms with Gasteiger partial charge in [0.1, 0.15) is 0 Å². The van der Waals surface area contributed by atoms with E-state index in [1.54, 1.807) is 0 Å². The van der Waals surface area contributed by atoms with Crippen LogP contribution in [0.4, 0.5) is 0 Å². The first-order chi connectivity index (χ1) is 8.79. The van der Waals surface area contributed by atoms with Crippen molar-refractivity contribution < 1.29 is 0 Å². The SMILES string of the molecule is CCNC(Cc1ccc(C)cn1)C1CCCCC1. The van der Waals surface area contributed by atoms with Crippen molar-refractivity contribution in [2.24, 2.45) is 5.92 Å². The quantitative estimate of drug-likeness (QED) is 0.860. The maximum atomic E-state index is 4.56. The largest absolute Gasteiger partial charge is 0.314 e. The first-order valence-electron chi connectivity index (χ1n) is 7.44. The number of aryl methyl sites for hydroxylation is 1. The molecule has 1 aromatic heterocycles. The van der Waals surface area contributed by atoms with Crippen molar-refractivity contribution in [2.45, 2.75) is 58.4 Å². The molecule has 1 unspecified atom stereocenters. The van der Waals surface area contributed by atoms with Gasteiger partial charge in [0.2, 0.25) is 0 Å². The summed E-state index contributed by atoms with van der Waals surface area (Å²) in [4.78, 5) is 4.56. The van der Waals surface area contributed by atoms with Crippen LogP contribution >= 0.6 is 0 Å². The summed E-state index contributed by atoms with van der Waals surface area (Å²) >= 11 is 0. The zero-order valence-electron chi connectivity index (χ0n) is 11.8. The van der Waals surface area contributed by atoms with Crippen LogP contribution in [0.25, 0.3) is 0 Å². The Balaban J connectivity index is 1.98. The molecular weight excluding hydrogens is 220 g/mol. The summed E-state index contributed by atoms with van der Waals surface area (Å²) in [7, 11) is 0. The molecule has 0 aromatic carbocycles. The van der Waals surface area contributed by atoms with Gasteiger partial charge in [-0.25, -0.2) is 0 Å². The lowest BCUT2D eigenvalue weighted by Crippen LogP contribution is -2.39. The van der Waals surface area contributed by atoms with E-state index in [1.165, 1.54) is 43.4 Å². The zero-order valence-corrected chi connectivity index (χ0v) is 11.8. The number of nitrogens with one attached hydrogen (secondary N) is 1. The number of nitrogens with zero attached hydrogens (tertiary/aromatic N) is 1. The Morgan fingerprint density at radius 1 is 1.28 bits per heavy atom. The summed E-state index contributed by atoms with van der Waals surface area (Å²) in [6, 6.07) is 4.97. The van der Waals surface area contributed by atoms with Gasteiger partial charge in [0, 0.05) is 24.4 Å². The number of hydrogen-bond donors (Lipinski definition) is 1. The molecule has 1 aliphatic rings. The highest BCUT2D eigenvalue weighted by Crippen LogP contribution is 2.27. The number of aromatic nitrogens is 1. The van der Waals surface area contributed by atoms with Crippen molar-refractivity contribution >= 4 is 0 Å². The summed E-state index contributed by atoms with van der Waals surface area (Å²) in [5.74, 6) is 0.849. The van der Waals surface area contributed by atoms with Crippen molar-refractivity contribution in [1.29, 1.82) is 0 Å². The average molecular weight is 246 g/mol. The molecule has 1 atom stereocenters. The van der Waals surface area contributed by atoms with Gasteiger partial charge in [0.25, 0.3) is 0 Å². The molecule has 0 saturated heterocycles. The van der Waals surface area contributed by atoms with Crippen LogP contribution in [0, 0.1) is 12.8 Å². The molecule has 0 radical (unpaired) electrons. The van der Waals surface area contributed by atoms with Gasteiger partial charge in [-0.1, -0.05) is 32.3 Å².